The maximum atomic E-state index is 12.1. The van der Waals surface area contributed by atoms with E-state index < -0.39 is 6.04 Å². The first-order chi connectivity index (χ1) is 11.9. The Bertz CT molecular complexity index is 733. The number of carbonyl (C=O) groups is 2. The lowest BCUT2D eigenvalue weighted by molar-refractivity contribution is -0.118. The summed E-state index contributed by atoms with van der Waals surface area (Å²) in [5.74, 6) is -0.336. The minimum absolute atomic E-state index is 0. The number of halogens is 2. The molecular weight excluding hydrogens is 373 g/mol. The number of rotatable bonds is 6. The van der Waals surface area contributed by atoms with Crippen LogP contribution in [0.25, 0.3) is 0 Å². The summed E-state index contributed by atoms with van der Waals surface area (Å²) in [4.78, 5) is 24.2. The summed E-state index contributed by atoms with van der Waals surface area (Å²) < 4.78 is 0. The third kappa shape index (κ3) is 6.02. The van der Waals surface area contributed by atoms with Crippen LogP contribution in [0, 0.1) is 5.92 Å². The zero-order chi connectivity index (χ0) is 18.4. The highest BCUT2D eigenvalue weighted by atomic mass is 35.5. The molecule has 0 aromatic heterocycles. The topological polar surface area (TPSA) is 84.2 Å². The fourth-order valence-electron chi connectivity index (χ4n) is 2.18. The van der Waals surface area contributed by atoms with Crippen molar-refractivity contribution < 1.29 is 9.59 Å². The Morgan fingerprint density at radius 1 is 1.00 bits per heavy atom. The lowest BCUT2D eigenvalue weighted by Gasteiger charge is -2.17. The molecule has 7 heteroatoms. The normalized spacial score (nSPS) is 12.5. The van der Waals surface area contributed by atoms with E-state index in [0.717, 1.165) is 6.42 Å². The lowest BCUT2D eigenvalue weighted by atomic mass is 9.99. The maximum Gasteiger partial charge on any atom is 0.255 e. The predicted octanol–water partition coefficient (Wildman–Crippen LogP) is 4.33. The molecule has 2 aromatic rings. The van der Waals surface area contributed by atoms with Gasteiger partial charge in [0.1, 0.15) is 0 Å². The van der Waals surface area contributed by atoms with Crippen LogP contribution >= 0.6 is 24.0 Å². The Hall–Kier alpha value is -2.08. The van der Waals surface area contributed by atoms with Crippen LogP contribution < -0.4 is 16.4 Å². The van der Waals surface area contributed by atoms with Crippen molar-refractivity contribution in [2.75, 3.05) is 10.6 Å². The third-order valence-electron chi connectivity index (χ3n) is 4.08. The summed E-state index contributed by atoms with van der Waals surface area (Å²) in [5.41, 5.74) is 7.69. The smallest absolute Gasteiger partial charge is 0.255 e. The zero-order valence-electron chi connectivity index (χ0n) is 14.7. The third-order valence-corrected chi connectivity index (χ3v) is 4.33. The van der Waals surface area contributed by atoms with Gasteiger partial charge in [0.2, 0.25) is 5.91 Å². The molecule has 0 heterocycles. The van der Waals surface area contributed by atoms with Gasteiger partial charge in [0.05, 0.1) is 6.04 Å². The molecule has 0 fully saturated rings. The van der Waals surface area contributed by atoms with Crippen LogP contribution in [0.3, 0.4) is 0 Å². The minimum atomic E-state index is -0.547. The fraction of sp³-hybridized carbons (Fsp3) is 0.263. The number of carbonyl (C=O) groups excluding carboxylic acids is 2. The Balaban J connectivity index is 0.00000338. The molecule has 2 aromatic carbocycles. The number of amides is 2. The molecule has 4 N–H and O–H groups in total. The molecule has 2 atom stereocenters. The second kappa shape index (κ2) is 10.2. The average molecular weight is 396 g/mol. The second-order valence-corrected chi connectivity index (χ2v) is 6.38. The zero-order valence-corrected chi connectivity index (χ0v) is 16.2. The van der Waals surface area contributed by atoms with Crippen molar-refractivity contribution in [1.29, 1.82) is 0 Å². The van der Waals surface area contributed by atoms with Gasteiger partial charge in [0.25, 0.3) is 5.91 Å². The van der Waals surface area contributed by atoms with Gasteiger partial charge in [-0.05, 0) is 54.4 Å². The number of nitrogens with one attached hydrogen (secondary N) is 2. The van der Waals surface area contributed by atoms with Crippen LogP contribution in [0.5, 0.6) is 0 Å². The van der Waals surface area contributed by atoms with Gasteiger partial charge in [-0.1, -0.05) is 31.9 Å². The summed E-state index contributed by atoms with van der Waals surface area (Å²) in [6.07, 6.45) is 0.838. The Morgan fingerprint density at radius 3 is 2.00 bits per heavy atom. The van der Waals surface area contributed by atoms with Gasteiger partial charge in [0, 0.05) is 22.0 Å². The van der Waals surface area contributed by atoms with Gasteiger partial charge in [-0.15, -0.1) is 12.4 Å². The number of anilines is 2. The summed E-state index contributed by atoms with van der Waals surface area (Å²) in [6.45, 7) is 3.94. The number of nitrogens with two attached hydrogens (primary N) is 1. The Kier molecular flexibility index (Phi) is 8.58. The van der Waals surface area contributed by atoms with Gasteiger partial charge in [-0.2, -0.15) is 0 Å². The van der Waals surface area contributed by atoms with Crippen LogP contribution in [0.4, 0.5) is 11.4 Å². The predicted molar refractivity (Wildman–Crippen MR) is 109 cm³/mol. The van der Waals surface area contributed by atoms with Crippen molar-refractivity contribution in [3.8, 4) is 0 Å². The summed E-state index contributed by atoms with van der Waals surface area (Å²) in [5, 5.41) is 6.15. The van der Waals surface area contributed by atoms with E-state index in [9.17, 15) is 9.59 Å². The van der Waals surface area contributed by atoms with E-state index in [4.69, 9.17) is 17.3 Å². The van der Waals surface area contributed by atoms with Crippen molar-refractivity contribution in [1.82, 2.24) is 0 Å². The molecule has 2 unspecified atom stereocenters. The number of hydrogen-bond acceptors (Lipinski definition) is 3. The molecule has 0 radical (unpaired) electrons. The summed E-state index contributed by atoms with van der Waals surface area (Å²) >= 11 is 5.81. The van der Waals surface area contributed by atoms with E-state index in [1.54, 1.807) is 48.5 Å². The minimum Gasteiger partial charge on any atom is -0.325 e. The second-order valence-electron chi connectivity index (χ2n) is 5.94. The van der Waals surface area contributed by atoms with Crippen molar-refractivity contribution in [3.63, 3.8) is 0 Å². The molecule has 2 amide bonds. The van der Waals surface area contributed by atoms with Crippen LogP contribution in [0.1, 0.15) is 30.6 Å². The van der Waals surface area contributed by atoms with Crippen LogP contribution in [-0.2, 0) is 4.79 Å². The van der Waals surface area contributed by atoms with Gasteiger partial charge >= 0.3 is 0 Å². The van der Waals surface area contributed by atoms with Crippen LogP contribution in [0.2, 0.25) is 5.02 Å². The molecule has 0 aliphatic heterocycles. The van der Waals surface area contributed by atoms with Crippen LogP contribution in [-0.4, -0.2) is 17.9 Å². The van der Waals surface area contributed by atoms with Gasteiger partial charge in [-0.3, -0.25) is 9.59 Å². The largest absolute Gasteiger partial charge is 0.325 e. The first kappa shape index (κ1) is 22.0. The van der Waals surface area contributed by atoms with E-state index in [1.165, 1.54) is 0 Å². The van der Waals surface area contributed by atoms with E-state index in [-0.39, 0.29) is 30.1 Å². The van der Waals surface area contributed by atoms with Crippen molar-refractivity contribution in [2.45, 2.75) is 26.3 Å². The molecule has 140 valence electrons. The number of hydrogen-bond donors (Lipinski definition) is 3. The quantitative estimate of drug-likeness (QED) is 0.680. The van der Waals surface area contributed by atoms with Crippen molar-refractivity contribution in [3.05, 3.63) is 59.1 Å². The van der Waals surface area contributed by atoms with Gasteiger partial charge < -0.3 is 16.4 Å². The first-order valence-corrected chi connectivity index (χ1v) is 8.52. The average Bonchev–Trinajstić information content (AvgIpc) is 2.62. The Morgan fingerprint density at radius 2 is 1.50 bits per heavy atom. The first-order valence-electron chi connectivity index (χ1n) is 8.14. The van der Waals surface area contributed by atoms with E-state index in [1.807, 2.05) is 13.8 Å². The molecule has 2 rings (SSSR count). The van der Waals surface area contributed by atoms with Gasteiger partial charge in [0.15, 0.2) is 0 Å². The monoisotopic (exact) mass is 395 g/mol. The van der Waals surface area contributed by atoms with E-state index in [2.05, 4.69) is 10.6 Å². The molecule has 26 heavy (non-hydrogen) atoms. The highest BCUT2D eigenvalue weighted by molar-refractivity contribution is 6.30. The molecule has 0 bridgehead atoms. The molecular formula is C19H23Cl2N3O2. The number of benzene rings is 2. The SMILES string of the molecule is CCC(C)C(N)C(=O)Nc1ccc(NC(=O)c2ccc(Cl)cc2)cc1.Cl. The molecule has 0 aliphatic rings. The summed E-state index contributed by atoms with van der Waals surface area (Å²) in [6, 6.07) is 13.0. The molecule has 0 saturated carbocycles. The highest BCUT2D eigenvalue weighted by Gasteiger charge is 2.19. The Labute approximate surface area is 164 Å². The molecule has 0 spiro atoms. The molecule has 5 nitrogen and oxygen atoms in total. The van der Waals surface area contributed by atoms with Gasteiger partial charge in [-0.25, -0.2) is 0 Å². The van der Waals surface area contributed by atoms with E-state index in [0.29, 0.717) is 22.0 Å². The molecule has 0 aliphatic carbocycles. The van der Waals surface area contributed by atoms with E-state index >= 15 is 0 Å². The lowest BCUT2D eigenvalue weighted by Crippen LogP contribution is -2.40. The molecule has 0 saturated heterocycles. The van der Waals surface area contributed by atoms with Crippen molar-refractivity contribution >= 4 is 47.2 Å². The highest BCUT2D eigenvalue weighted by Crippen LogP contribution is 2.17. The maximum absolute atomic E-state index is 12.1. The fourth-order valence-corrected chi connectivity index (χ4v) is 2.31. The standard InChI is InChI=1S/C19H22ClN3O2.ClH/c1-3-12(2)17(21)19(25)23-16-10-8-15(9-11-16)22-18(24)13-4-6-14(20)7-5-13;/h4-12,17H,3,21H2,1-2H3,(H,22,24)(H,23,25);1H. The summed E-state index contributed by atoms with van der Waals surface area (Å²) in [7, 11) is 0. The van der Waals surface area contributed by atoms with Crippen molar-refractivity contribution in [2.24, 2.45) is 11.7 Å². The van der Waals surface area contributed by atoms with Crippen LogP contribution in [0.15, 0.2) is 48.5 Å².